The van der Waals surface area contributed by atoms with E-state index in [2.05, 4.69) is 21.2 Å². The van der Waals surface area contributed by atoms with Gasteiger partial charge < -0.3 is 5.32 Å². The fourth-order valence-corrected chi connectivity index (χ4v) is 3.42. The number of carbonyl (C=O) groups excluding carboxylic acids is 1. The van der Waals surface area contributed by atoms with Crippen molar-refractivity contribution in [1.82, 2.24) is 5.32 Å². The second-order valence-corrected chi connectivity index (χ2v) is 6.68. The van der Waals surface area contributed by atoms with Gasteiger partial charge in [0.15, 0.2) is 0 Å². The normalized spacial score (nSPS) is 17.8. The molecule has 0 heterocycles. The second kappa shape index (κ2) is 6.90. The van der Waals surface area contributed by atoms with Gasteiger partial charge in [-0.25, -0.2) is 4.39 Å². The van der Waals surface area contributed by atoms with Gasteiger partial charge in [0.25, 0.3) is 5.91 Å². The van der Waals surface area contributed by atoms with Crippen molar-refractivity contribution in [2.75, 3.05) is 12.4 Å². The van der Waals surface area contributed by atoms with Gasteiger partial charge in [0.1, 0.15) is 5.82 Å². The Hall–Kier alpha value is -0.610. The molecule has 2 rings (SSSR count). The molecule has 1 saturated carbocycles. The van der Waals surface area contributed by atoms with E-state index in [-0.39, 0.29) is 16.9 Å². The van der Waals surface area contributed by atoms with Crippen LogP contribution in [0.5, 0.6) is 0 Å². The van der Waals surface area contributed by atoms with Crippen LogP contribution in [0, 0.1) is 11.2 Å². The summed E-state index contributed by atoms with van der Waals surface area (Å²) in [6.45, 7) is 0.515. The van der Waals surface area contributed by atoms with Crippen LogP contribution in [0.4, 0.5) is 4.39 Å². The highest BCUT2D eigenvalue weighted by Gasteiger charge is 2.31. The third-order valence-corrected chi connectivity index (χ3v) is 5.05. The predicted molar refractivity (Wildman–Crippen MR) is 82.7 cm³/mol. The number of benzene rings is 1. The Morgan fingerprint density at radius 3 is 2.70 bits per heavy atom. The molecule has 1 fully saturated rings. The van der Waals surface area contributed by atoms with Crippen LogP contribution >= 0.6 is 27.5 Å². The van der Waals surface area contributed by atoms with Crippen molar-refractivity contribution >= 4 is 33.4 Å². The number of halogens is 3. The molecule has 1 aliphatic rings. The summed E-state index contributed by atoms with van der Waals surface area (Å²) in [7, 11) is 0. The molecule has 1 aromatic rings. The fourth-order valence-electron chi connectivity index (χ4n) is 2.69. The Bertz CT molecular complexity index is 489. The first-order chi connectivity index (χ1) is 9.56. The number of rotatable bonds is 4. The van der Waals surface area contributed by atoms with Gasteiger partial charge in [0.05, 0.1) is 5.56 Å². The van der Waals surface area contributed by atoms with Crippen molar-refractivity contribution < 1.29 is 9.18 Å². The average molecular weight is 363 g/mol. The molecule has 20 heavy (non-hydrogen) atoms. The molecule has 1 aliphatic carbocycles. The van der Waals surface area contributed by atoms with Gasteiger partial charge >= 0.3 is 0 Å². The van der Waals surface area contributed by atoms with Crippen LogP contribution in [-0.4, -0.2) is 18.3 Å². The number of hydrogen-bond acceptors (Lipinski definition) is 1. The average Bonchev–Trinajstić information content (AvgIpc) is 2.48. The van der Waals surface area contributed by atoms with E-state index in [0.29, 0.717) is 16.9 Å². The monoisotopic (exact) mass is 361 g/mol. The molecule has 2 nitrogen and oxygen atoms in total. The summed E-state index contributed by atoms with van der Waals surface area (Å²) in [6, 6.07) is 4.36. The van der Waals surface area contributed by atoms with Crippen LogP contribution < -0.4 is 5.32 Å². The second-order valence-electron chi connectivity index (χ2n) is 5.50. The van der Waals surface area contributed by atoms with Crippen molar-refractivity contribution in [3.05, 3.63) is 34.1 Å². The van der Waals surface area contributed by atoms with Gasteiger partial charge in [0.2, 0.25) is 0 Å². The predicted octanol–water partition coefficient (Wildman–Crippen LogP) is 4.51. The molecule has 0 aromatic heterocycles. The summed E-state index contributed by atoms with van der Waals surface area (Å²) in [6.07, 6.45) is 5.57. The maximum Gasteiger partial charge on any atom is 0.254 e. The lowest BCUT2D eigenvalue weighted by molar-refractivity contribution is 0.0917. The van der Waals surface area contributed by atoms with E-state index >= 15 is 0 Å². The number of carbonyl (C=O) groups is 1. The highest BCUT2D eigenvalue weighted by Crippen LogP contribution is 2.36. The number of nitrogens with one attached hydrogen (secondary N) is 1. The molecule has 0 spiro atoms. The van der Waals surface area contributed by atoms with Gasteiger partial charge in [-0.1, -0.05) is 35.2 Å². The van der Waals surface area contributed by atoms with Crippen LogP contribution in [0.15, 0.2) is 22.7 Å². The van der Waals surface area contributed by atoms with E-state index in [1.807, 2.05) is 0 Å². The maximum absolute atomic E-state index is 13.7. The lowest BCUT2D eigenvalue weighted by Crippen LogP contribution is -2.40. The zero-order valence-electron chi connectivity index (χ0n) is 11.2. The van der Waals surface area contributed by atoms with Crippen molar-refractivity contribution in [1.29, 1.82) is 0 Å². The zero-order valence-corrected chi connectivity index (χ0v) is 13.6. The lowest BCUT2D eigenvalue weighted by atomic mass is 9.75. The van der Waals surface area contributed by atoms with E-state index in [1.54, 1.807) is 6.07 Å². The van der Waals surface area contributed by atoms with Gasteiger partial charge in [-0.3, -0.25) is 4.79 Å². The molecule has 0 saturated heterocycles. The van der Waals surface area contributed by atoms with Crippen LogP contribution in [0.25, 0.3) is 0 Å². The van der Waals surface area contributed by atoms with E-state index < -0.39 is 5.82 Å². The summed E-state index contributed by atoms with van der Waals surface area (Å²) in [4.78, 5) is 12.1. The van der Waals surface area contributed by atoms with Crippen LogP contribution in [0.1, 0.15) is 42.5 Å². The molecular formula is C15H18BrClFNO. The Morgan fingerprint density at radius 2 is 2.05 bits per heavy atom. The summed E-state index contributed by atoms with van der Waals surface area (Å²) in [5.74, 6) is -0.345. The van der Waals surface area contributed by atoms with Crippen molar-refractivity contribution in [3.8, 4) is 0 Å². The zero-order chi connectivity index (χ0) is 14.6. The summed E-state index contributed by atoms with van der Waals surface area (Å²) < 4.78 is 14.3. The Labute approximate surface area is 132 Å². The maximum atomic E-state index is 13.7. The molecule has 0 unspecified atom stereocenters. The molecule has 1 amide bonds. The summed E-state index contributed by atoms with van der Waals surface area (Å²) in [5, 5.41) is 2.84. The number of hydrogen-bond donors (Lipinski definition) is 1. The third-order valence-electron chi connectivity index (χ3n) is 3.99. The summed E-state index contributed by atoms with van der Waals surface area (Å²) >= 11 is 9.34. The molecular weight excluding hydrogens is 345 g/mol. The smallest absolute Gasteiger partial charge is 0.254 e. The number of alkyl halides is 1. The van der Waals surface area contributed by atoms with Gasteiger partial charge in [-0.05, 0) is 31.0 Å². The van der Waals surface area contributed by atoms with Gasteiger partial charge in [-0.15, -0.1) is 11.6 Å². The largest absolute Gasteiger partial charge is 0.351 e. The molecule has 0 radical (unpaired) electrons. The molecule has 5 heteroatoms. The van der Waals surface area contributed by atoms with Gasteiger partial charge in [-0.2, -0.15) is 0 Å². The number of amides is 1. The molecule has 110 valence electrons. The van der Waals surface area contributed by atoms with E-state index in [9.17, 15) is 9.18 Å². The minimum absolute atomic E-state index is 0.0298. The molecule has 1 N–H and O–H groups in total. The van der Waals surface area contributed by atoms with Crippen LogP contribution in [0.3, 0.4) is 0 Å². The highest BCUT2D eigenvalue weighted by atomic mass is 79.9. The Balaban J connectivity index is 2.02. The summed E-state index contributed by atoms with van der Waals surface area (Å²) in [5.41, 5.74) is 0.0396. The first-order valence-electron chi connectivity index (χ1n) is 6.86. The SMILES string of the molecule is O=C(NCC1(CCl)CCCCC1)c1cc(Br)ccc1F. The van der Waals surface area contributed by atoms with Crippen molar-refractivity contribution in [3.63, 3.8) is 0 Å². The van der Waals surface area contributed by atoms with Crippen molar-refractivity contribution in [2.24, 2.45) is 5.41 Å². The Kier molecular flexibility index (Phi) is 5.44. The van der Waals surface area contributed by atoms with Gasteiger partial charge in [0, 0.05) is 22.3 Å². The first-order valence-corrected chi connectivity index (χ1v) is 8.18. The van der Waals surface area contributed by atoms with Crippen LogP contribution in [-0.2, 0) is 0 Å². The highest BCUT2D eigenvalue weighted by molar-refractivity contribution is 9.10. The first kappa shape index (κ1) is 15.8. The Morgan fingerprint density at radius 1 is 1.35 bits per heavy atom. The van der Waals surface area contributed by atoms with Crippen LogP contribution in [0.2, 0.25) is 0 Å². The fraction of sp³-hybridized carbons (Fsp3) is 0.533. The van der Waals surface area contributed by atoms with E-state index in [0.717, 1.165) is 25.7 Å². The minimum Gasteiger partial charge on any atom is -0.351 e. The quantitative estimate of drug-likeness (QED) is 0.785. The van der Waals surface area contributed by atoms with Crippen molar-refractivity contribution in [2.45, 2.75) is 32.1 Å². The molecule has 0 aliphatic heterocycles. The molecule has 0 atom stereocenters. The van der Waals surface area contributed by atoms with E-state index in [4.69, 9.17) is 11.6 Å². The molecule has 0 bridgehead atoms. The van der Waals surface area contributed by atoms with E-state index in [1.165, 1.54) is 18.6 Å². The standard InChI is InChI=1S/C15H18BrClFNO/c16-11-4-5-13(18)12(8-11)14(20)19-10-15(9-17)6-2-1-3-7-15/h4-5,8H,1-3,6-7,9-10H2,(H,19,20). The molecule has 1 aromatic carbocycles. The third kappa shape index (κ3) is 3.73. The lowest BCUT2D eigenvalue weighted by Gasteiger charge is -2.35. The minimum atomic E-state index is -0.505. The topological polar surface area (TPSA) is 29.1 Å².